The van der Waals surface area contributed by atoms with Gasteiger partial charge in [0.1, 0.15) is 5.75 Å². The number of nitrogens with two attached hydrogens (primary N) is 1. The molecule has 0 atom stereocenters. The molecule has 0 unspecified atom stereocenters. The topological polar surface area (TPSA) is 81.9 Å². The van der Waals surface area contributed by atoms with Crippen LogP contribution in [0.2, 0.25) is 0 Å². The normalized spacial score (nSPS) is 13.7. The minimum atomic E-state index is -0.570. The van der Waals surface area contributed by atoms with Gasteiger partial charge >= 0.3 is 5.97 Å². The van der Waals surface area contributed by atoms with Crippen molar-refractivity contribution in [1.29, 1.82) is 0 Å². The van der Waals surface area contributed by atoms with Crippen LogP contribution < -0.4 is 10.5 Å². The van der Waals surface area contributed by atoms with Crippen molar-refractivity contribution in [1.82, 2.24) is 4.90 Å². The predicted octanol–water partition coefficient (Wildman–Crippen LogP) is 0.812. The van der Waals surface area contributed by atoms with Gasteiger partial charge < -0.3 is 20.1 Å². The molecule has 1 aliphatic carbocycles. The van der Waals surface area contributed by atoms with E-state index in [0.29, 0.717) is 17.5 Å². The number of likely N-dealkylation sites (N-methyl/N-ethyl adjacent to an activating group) is 1. The molecule has 1 saturated carbocycles. The Kier molecular flexibility index (Phi) is 4.45. The number of anilines is 1. The van der Waals surface area contributed by atoms with Crippen LogP contribution in [0.15, 0.2) is 24.3 Å². The number of rotatable bonds is 6. The lowest BCUT2D eigenvalue weighted by Crippen LogP contribution is -2.33. The summed E-state index contributed by atoms with van der Waals surface area (Å²) in [4.78, 5) is 24.7. The summed E-state index contributed by atoms with van der Waals surface area (Å²) in [6.45, 7) is -0.471. The van der Waals surface area contributed by atoms with E-state index < -0.39 is 5.97 Å². The van der Waals surface area contributed by atoms with Gasteiger partial charge in [-0.2, -0.15) is 0 Å². The summed E-state index contributed by atoms with van der Waals surface area (Å²) in [5.74, 6) is -0.231. The summed E-state index contributed by atoms with van der Waals surface area (Å²) < 4.78 is 10.1. The van der Waals surface area contributed by atoms with Crippen LogP contribution in [0.25, 0.3) is 0 Å². The average Bonchev–Trinajstić information content (AvgIpc) is 3.28. The van der Waals surface area contributed by atoms with Crippen molar-refractivity contribution < 1.29 is 19.1 Å². The second-order valence-electron chi connectivity index (χ2n) is 4.75. The molecular formula is C14H18N2O4. The number of nitrogens with zero attached hydrogens (tertiary/aromatic N) is 1. The molecule has 0 heterocycles. The molecule has 0 spiro atoms. The maximum Gasteiger partial charge on any atom is 0.344 e. The first-order chi connectivity index (χ1) is 9.56. The molecule has 6 nitrogen and oxygen atoms in total. The zero-order valence-electron chi connectivity index (χ0n) is 11.4. The number of amides is 1. The van der Waals surface area contributed by atoms with Crippen molar-refractivity contribution in [2.24, 2.45) is 0 Å². The highest BCUT2D eigenvalue weighted by molar-refractivity contribution is 5.81. The summed E-state index contributed by atoms with van der Waals surface area (Å²) in [6.07, 6.45) is 2.05. The molecule has 0 radical (unpaired) electrons. The average molecular weight is 278 g/mol. The largest absolute Gasteiger partial charge is 0.482 e. The molecule has 0 saturated heterocycles. The molecule has 6 heteroatoms. The number of hydrogen-bond donors (Lipinski definition) is 1. The van der Waals surface area contributed by atoms with Crippen LogP contribution in [0.1, 0.15) is 12.8 Å². The smallest absolute Gasteiger partial charge is 0.344 e. The predicted molar refractivity (Wildman–Crippen MR) is 73.1 cm³/mol. The molecule has 2 rings (SSSR count). The molecule has 1 aromatic rings. The molecule has 1 fully saturated rings. The zero-order chi connectivity index (χ0) is 14.5. The summed E-state index contributed by atoms with van der Waals surface area (Å²) in [7, 11) is 1.72. The SMILES string of the molecule is CN(C(=O)COC(=O)COc1ccc(N)cc1)C1CC1. The van der Waals surface area contributed by atoms with Gasteiger partial charge in [-0.05, 0) is 37.1 Å². The van der Waals surface area contributed by atoms with E-state index in [0.717, 1.165) is 12.8 Å². The molecule has 108 valence electrons. The Morgan fingerprint density at radius 2 is 1.90 bits per heavy atom. The monoisotopic (exact) mass is 278 g/mol. The van der Waals surface area contributed by atoms with E-state index in [2.05, 4.69) is 0 Å². The molecule has 20 heavy (non-hydrogen) atoms. The number of nitrogen functional groups attached to an aromatic ring is 1. The van der Waals surface area contributed by atoms with Gasteiger partial charge in [0.2, 0.25) is 0 Å². The first-order valence-corrected chi connectivity index (χ1v) is 6.46. The first kappa shape index (κ1) is 14.2. The van der Waals surface area contributed by atoms with Gasteiger partial charge in [-0.3, -0.25) is 4.79 Å². The fraction of sp³-hybridized carbons (Fsp3) is 0.429. The van der Waals surface area contributed by atoms with Crippen molar-refractivity contribution >= 4 is 17.6 Å². The lowest BCUT2D eigenvalue weighted by Gasteiger charge is -2.15. The number of ether oxygens (including phenoxy) is 2. The van der Waals surface area contributed by atoms with Gasteiger partial charge in [0, 0.05) is 18.8 Å². The molecule has 1 amide bonds. The van der Waals surface area contributed by atoms with E-state index in [-0.39, 0.29) is 19.1 Å². The van der Waals surface area contributed by atoms with E-state index in [1.165, 1.54) is 0 Å². The minimum absolute atomic E-state index is 0.187. The molecule has 0 aromatic heterocycles. The van der Waals surface area contributed by atoms with E-state index in [1.807, 2.05) is 0 Å². The van der Waals surface area contributed by atoms with Crippen molar-refractivity contribution in [2.75, 3.05) is 26.0 Å². The molecule has 1 aromatic carbocycles. The summed E-state index contributed by atoms with van der Waals surface area (Å²) in [6, 6.07) is 6.99. The van der Waals surface area contributed by atoms with Crippen LogP contribution >= 0.6 is 0 Å². The van der Waals surface area contributed by atoms with Gasteiger partial charge in [0.05, 0.1) is 0 Å². The molecule has 0 aliphatic heterocycles. The van der Waals surface area contributed by atoms with Crippen LogP contribution in [-0.4, -0.2) is 43.1 Å². The first-order valence-electron chi connectivity index (χ1n) is 6.46. The maximum atomic E-state index is 11.6. The van der Waals surface area contributed by atoms with E-state index >= 15 is 0 Å². The van der Waals surface area contributed by atoms with Crippen LogP contribution in [0.5, 0.6) is 5.75 Å². The third-order valence-electron chi connectivity index (χ3n) is 3.08. The van der Waals surface area contributed by atoms with E-state index in [1.54, 1.807) is 36.2 Å². The van der Waals surface area contributed by atoms with Gasteiger partial charge in [-0.25, -0.2) is 4.79 Å². The standard InChI is InChI=1S/C14H18N2O4/c1-16(11-4-5-11)13(17)8-20-14(18)9-19-12-6-2-10(15)3-7-12/h2-3,6-7,11H,4-5,8-9,15H2,1H3. The minimum Gasteiger partial charge on any atom is -0.482 e. The Morgan fingerprint density at radius 3 is 2.50 bits per heavy atom. The summed E-state index contributed by atoms with van der Waals surface area (Å²) in [5, 5.41) is 0. The fourth-order valence-electron chi connectivity index (χ4n) is 1.66. The number of carbonyl (C=O) groups excluding carboxylic acids is 2. The Balaban J connectivity index is 1.67. The molecule has 0 bridgehead atoms. The van der Waals surface area contributed by atoms with Crippen LogP contribution in [0.3, 0.4) is 0 Å². The third-order valence-corrected chi connectivity index (χ3v) is 3.08. The highest BCUT2D eigenvalue weighted by Gasteiger charge is 2.29. The van der Waals surface area contributed by atoms with Crippen molar-refractivity contribution in [3.63, 3.8) is 0 Å². The number of carbonyl (C=O) groups is 2. The fourth-order valence-corrected chi connectivity index (χ4v) is 1.66. The summed E-state index contributed by atoms with van der Waals surface area (Å²) in [5.41, 5.74) is 6.15. The highest BCUT2D eigenvalue weighted by atomic mass is 16.6. The van der Waals surface area contributed by atoms with E-state index in [4.69, 9.17) is 15.2 Å². The van der Waals surface area contributed by atoms with Crippen molar-refractivity contribution in [2.45, 2.75) is 18.9 Å². The Bertz CT molecular complexity index is 482. The number of benzene rings is 1. The Morgan fingerprint density at radius 1 is 1.25 bits per heavy atom. The lowest BCUT2D eigenvalue weighted by molar-refractivity contribution is -0.153. The molecular weight excluding hydrogens is 260 g/mol. The van der Waals surface area contributed by atoms with Crippen LogP contribution in [0, 0.1) is 0 Å². The molecule has 1 aliphatic rings. The van der Waals surface area contributed by atoms with Gasteiger partial charge in [0.15, 0.2) is 13.2 Å². The van der Waals surface area contributed by atoms with Gasteiger partial charge in [-0.1, -0.05) is 0 Å². The molecule has 2 N–H and O–H groups in total. The van der Waals surface area contributed by atoms with Crippen LogP contribution in [-0.2, 0) is 14.3 Å². The third kappa shape index (κ3) is 4.15. The van der Waals surface area contributed by atoms with Crippen LogP contribution in [0.4, 0.5) is 5.69 Å². The lowest BCUT2D eigenvalue weighted by atomic mass is 10.3. The highest BCUT2D eigenvalue weighted by Crippen LogP contribution is 2.25. The van der Waals surface area contributed by atoms with E-state index in [9.17, 15) is 9.59 Å². The van der Waals surface area contributed by atoms with Crippen molar-refractivity contribution in [3.8, 4) is 5.75 Å². The quantitative estimate of drug-likeness (QED) is 0.615. The number of hydrogen-bond acceptors (Lipinski definition) is 5. The zero-order valence-corrected chi connectivity index (χ0v) is 11.4. The van der Waals surface area contributed by atoms with Crippen molar-refractivity contribution in [3.05, 3.63) is 24.3 Å². The maximum absolute atomic E-state index is 11.6. The summed E-state index contributed by atoms with van der Waals surface area (Å²) >= 11 is 0. The second kappa shape index (κ2) is 6.27. The number of esters is 1. The van der Waals surface area contributed by atoms with Gasteiger partial charge in [-0.15, -0.1) is 0 Å². The second-order valence-corrected chi connectivity index (χ2v) is 4.75. The van der Waals surface area contributed by atoms with Gasteiger partial charge in [0.25, 0.3) is 5.91 Å². The Hall–Kier alpha value is -2.24. The Labute approximate surface area is 117 Å².